The van der Waals surface area contributed by atoms with E-state index < -0.39 is 0 Å². The van der Waals surface area contributed by atoms with Gasteiger partial charge in [0.25, 0.3) is 0 Å². The number of para-hydroxylation sites is 1. The van der Waals surface area contributed by atoms with E-state index >= 15 is 0 Å². The number of hydrogen-bond acceptors (Lipinski definition) is 2. The first-order valence-electron chi connectivity index (χ1n) is 17.3. The van der Waals surface area contributed by atoms with Crippen LogP contribution in [0.25, 0.3) is 101 Å². The maximum atomic E-state index is 2.49. The van der Waals surface area contributed by atoms with Gasteiger partial charge in [0.2, 0.25) is 0 Å². The predicted molar refractivity (Wildman–Crippen MR) is 223 cm³/mol. The van der Waals surface area contributed by atoms with Crippen molar-refractivity contribution in [1.29, 1.82) is 0 Å². The lowest BCUT2D eigenvalue weighted by Crippen LogP contribution is -1.97. The highest BCUT2D eigenvalue weighted by molar-refractivity contribution is 7.26. The summed E-state index contributed by atoms with van der Waals surface area (Å²) in [4.78, 5) is 0. The standard InChI is InChI=1S/C48H29NS2/c1-2-10-30(11-3-1)31-18-22-34(23-19-31)49-42-15-7-4-12-36(42)39-25-24-35(32-20-26-45-40(28-32)37-13-5-8-16-43(37)50-45)47(48(39)49)33-21-27-46-41(29-33)38-14-6-9-17-44(38)51-46/h1-29H. The fourth-order valence-corrected chi connectivity index (χ4v) is 10.2. The van der Waals surface area contributed by atoms with Crippen molar-refractivity contribution in [2.75, 3.05) is 0 Å². The van der Waals surface area contributed by atoms with E-state index in [2.05, 4.69) is 180 Å². The van der Waals surface area contributed by atoms with Crippen LogP contribution in [0.5, 0.6) is 0 Å². The van der Waals surface area contributed by atoms with Crippen LogP contribution >= 0.6 is 22.7 Å². The van der Waals surface area contributed by atoms with Crippen LogP contribution in [-0.4, -0.2) is 4.57 Å². The number of hydrogen-bond donors (Lipinski definition) is 0. The smallest absolute Gasteiger partial charge is 0.0625 e. The molecule has 3 heterocycles. The van der Waals surface area contributed by atoms with Crippen LogP contribution in [0, 0.1) is 0 Å². The number of thiophene rings is 2. The number of nitrogens with zero attached hydrogens (tertiary/aromatic N) is 1. The van der Waals surface area contributed by atoms with Gasteiger partial charge in [-0.3, -0.25) is 0 Å². The maximum absolute atomic E-state index is 2.49. The molecule has 8 aromatic carbocycles. The molecule has 3 heteroatoms. The molecule has 0 aliphatic rings. The maximum Gasteiger partial charge on any atom is 0.0625 e. The lowest BCUT2D eigenvalue weighted by atomic mass is 9.90. The Morgan fingerprint density at radius 2 is 0.863 bits per heavy atom. The molecule has 3 aromatic heterocycles. The SMILES string of the molecule is c1ccc(-c2ccc(-n3c4ccccc4c4ccc(-c5ccc6sc7ccccc7c6c5)c(-c5ccc6sc7ccccc7c6c5)c43)cc2)cc1. The van der Waals surface area contributed by atoms with Crippen molar-refractivity contribution in [3.8, 4) is 39.1 Å². The van der Waals surface area contributed by atoms with E-state index in [1.54, 1.807) is 0 Å². The van der Waals surface area contributed by atoms with Crippen molar-refractivity contribution < 1.29 is 0 Å². The van der Waals surface area contributed by atoms with Gasteiger partial charge >= 0.3 is 0 Å². The molecular weight excluding hydrogens is 655 g/mol. The third-order valence-corrected chi connectivity index (χ3v) is 12.7. The first kappa shape index (κ1) is 28.8. The van der Waals surface area contributed by atoms with Crippen LogP contribution in [0.2, 0.25) is 0 Å². The number of rotatable bonds is 4. The Labute approximate surface area is 302 Å². The van der Waals surface area contributed by atoms with Crippen LogP contribution in [0.15, 0.2) is 176 Å². The lowest BCUT2D eigenvalue weighted by Gasteiger charge is -2.17. The molecule has 0 amide bonds. The van der Waals surface area contributed by atoms with Crippen LogP contribution < -0.4 is 0 Å². The van der Waals surface area contributed by atoms with Crippen LogP contribution in [0.4, 0.5) is 0 Å². The number of aromatic nitrogens is 1. The molecule has 0 saturated heterocycles. The third-order valence-electron chi connectivity index (χ3n) is 10.4. The van der Waals surface area contributed by atoms with Crippen molar-refractivity contribution in [2.45, 2.75) is 0 Å². The van der Waals surface area contributed by atoms with Gasteiger partial charge in [0, 0.05) is 62.4 Å². The Hall–Kier alpha value is -6.00. The van der Waals surface area contributed by atoms with Crippen molar-refractivity contribution in [1.82, 2.24) is 4.57 Å². The molecule has 0 N–H and O–H groups in total. The van der Waals surface area contributed by atoms with Crippen molar-refractivity contribution in [3.05, 3.63) is 176 Å². The first-order chi connectivity index (χ1) is 25.3. The molecular formula is C48H29NS2. The van der Waals surface area contributed by atoms with E-state index in [0.717, 1.165) is 5.69 Å². The Balaban J connectivity index is 1.25. The van der Waals surface area contributed by atoms with Gasteiger partial charge in [-0.1, -0.05) is 121 Å². The molecule has 1 nitrogen and oxygen atoms in total. The molecule has 0 radical (unpaired) electrons. The zero-order chi connectivity index (χ0) is 33.5. The zero-order valence-electron chi connectivity index (χ0n) is 27.5. The summed E-state index contributed by atoms with van der Waals surface area (Å²) in [5.74, 6) is 0. The van der Waals surface area contributed by atoms with Gasteiger partial charge in [0.1, 0.15) is 0 Å². The molecule has 238 valence electrons. The highest BCUT2D eigenvalue weighted by atomic mass is 32.1. The Kier molecular flexibility index (Phi) is 6.36. The van der Waals surface area contributed by atoms with Crippen LogP contribution in [-0.2, 0) is 0 Å². The molecule has 0 spiro atoms. The van der Waals surface area contributed by atoms with Crippen molar-refractivity contribution >= 4 is 84.8 Å². The molecule has 11 aromatic rings. The molecule has 51 heavy (non-hydrogen) atoms. The monoisotopic (exact) mass is 683 g/mol. The summed E-state index contributed by atoms with van der Waals surface area (Å²) in [6.07, 6.45) is 0. The summed E-state index contributed by atoms with van der Waals surface area (Å²) in [6.45, 7) is 0. The summed E-state index contributed by atoms with van der Waals surface area (Å²) < 4.78 is 7.78. The molecule has 0 unspecified atom stereocenters. The normalized spacial score (nSPS) is 11.9. The summed E-state index contributed by atoms with van der Waals surface area (Å²) in [5, 5.41) is 7.78. The van der Waals surface area contributed by atoms with Gasteiger partial charge in [-0.05, 0) is 82.4 Å². The summed E-state index contributed by atoms with van der Waals surface area (Å²) in [7, 11) is 0. The van der Waals surface area contributed by atoms with E-state index in [1.165, 1.54) is 95.5 Å². The largest absolute Gasteiger partial charge is 0.309 e. The highest BCUT2D eigenvalue weighted by Crippen LogP contribution is 2.46. The minimum Gasteiger partial charge on any atom is -0.309 e. The average Bonchev–Trinajstić information content (AvgIpc) is 3.87. The van der Waals surface area contributed by atoms with Gasteiger partial charge in [-0.2, -0.15) is 0 Å². The summed E-state index contributed by atoms with van der Waals surface area (Å²) in [6, 6.07) is 65.0. The average molecular weight is 684 g/mol. The van der Waals surface area contributed by atoms with Crippen LogP contribution in [0.3, 0.4) is 0 Å². The molecule has 0 atom stereocenters. The van der Waals surface area contributed by atoms with E-state index in [0.29, 0.717) is 0 Å². The predicted octanol–water partition coefficient (Wildman–Crippen LogP) is 14.5. The second-order valence-electron chi connectivity index (χ2n) is 13.3. The molecule has 0 bridgehead atoms. The number of benzene rings is 8. The van der Waals surface area contributed by atoms with Crippen LogP contribution in [0.1, 0.15) is 0 Å². The minimum absolute atomic E-state index is 1.15. The van der Waals surface area contributed by atoms with Gasteiger partial charge in [-0.25, -0.2) is 0 Å². The molecule has 0 aliphatic heterocycles. The Bertz CT molecular complexity index is 3120. The second-order valence-corrected chi connectivity index (χ2v) is 15.4. The van der Waals surface area contributed by atoms with Gasteiger partial charge in [0.05, 0.1) is 11.0 Å². The van der Waals surface area contributed by atoms with Gasteiger partial charge in [-0.15, -0.1) is 22.7 Å². The second kappa shape index (κ2) is 11.3. The lowest BCUT2D eigenvalue weighted by molar-refractivity contribution is 1.18. The van der Waals surface area contributed by atoms with Gasteiger partial charge in [0.15, 0.2) is 0 Å². The fourth-order valence-electron chi connectivity index (χ4n) is 8.07. The fraction of sp³-hybridized carbons (Fsp3) is 0. The van der Waals surface area contributed by atoms with E-state index in [1.807, 2.05) is 22.7 Å². The topological polar surface area (TPSA) is 4.93 Å². The summed E-state index contributed by atoms with van der Waals surface area (Å²) in [5.41, 5.74) is 11.0. The quantitative estimate of drug-likeness (QED) is 0.174. The van der Waals surface area contributed by atoms with E-state index in [4.69, 9.17) is 0 Å². The molecule has 0 saturated carbocycles. The summed E-state index contributed by atoms with van der Waals surface area (Å²) >= 11 is 3.74. The number of fused-ring (bicyclic) bond motifs is 9. The van der Waals surface area contributed by atoms with E-state index in [9.17, 15) is 0 Å². The zero-order valence-corrected chi connectivity index (χ0v) is 29.1. The third kappa shape index (κ3) is 4.45. The molecule has 11 rings (SSSR count). The molecule has 0 fully saturated rings. The van der Waals surface area contributed by atoms with E-state index in [-0.39, 0.29) is 0 Å². The van der Waals surface area contributed by atoms with Crippen molar-refractivity contribution in [2.24, 2.45) is 0 Å². The molecule has 0 aliphatic carbocycles. The highest BCUT2D eigenvalue weighted by Gasteiger charge is 2.21. The first-order valence-corrected chi connectivity index (χ1v) is 19.0. The van der Waals surface area contributed by atoms with Gasteiger partial charge < -0.3 is 4.57 Å². The Morgan fingerprint density at radius 1 is 0.333 bits per heavy atom. The van der Waals surface area contributed by atoms with Crippen molar-refractivity contribution in [3.63, 3.8) is 0 Å². The Morgan fingerprint density at radius 3 is 1.57 bits per heavy atom. The minimum atomic E-state index is 1.15.